The minimum atomic E-state index is -3.50. The van der Waals surface area contributed by atoms with Crippen molar-refractivity contribution in [3.63, 3.8) is 0 Å². The van der Waals surface area contributed by atoms with Crippen LogP contribution in [0.4, 0.5) is 0 Å². The second-order valence-corrected chi connectivity index (χ2v) is 8.17. The van der Waals surface area contributed by atoms with E-state index in [4.69, 9.17) is 10.5 Å². The maximum Gasteiger partial charge on any atom is 0.240 e. The number of hydrogen-bond donors (Lipinski definition) is 2. The van der Waals surface area contributed by atoms with Gasteiger partial charge in [-0.1, -0.05) is 19.1 Å². The lowest BCUT2D eigenvalue weighted by Crippen LogP contribution is -2.43. The molecule has 0 saturated carbocycles. The maximum atomic E-state index is 12.1. The highest BCUT2D eigenvalue weighted by molar-refractivity contribution is 14.0. The number of halogens is 1. The lowest BCUT2D eigenvalue weighted by Gasteiger charge is -2.31. The monoisotopic (exact) mass is 496 g/mol. The molecular formula is C17H29IN4O3S. The normalized spacial score (nSPS) is 18.5. The Bertz CT molecular complexity index is 680. The van der Waals surface area contributed by atoms with E-state index in [-0.39, 0.29) is 35.4 Å². The van der Waals surface area contributed by atoms with Crippen LogP contribution in [0.15, 0.2) is 34.2 Å². The number of sulfonamides is 1. The molecule has 148 valence electrons. The van der Waals surface area contributed by atoms with Crippen LogP contribution in [0.25, 0.3) is 0 Å². The first-order chi connectivity index (χ1) is 11.9. The number of aliphatic imine (C=N–C) groups is 1. The molecule has 9 heteroatoms. The summed E-state index contributed by atoms with van der Waals surface area (Å²) in [7, 11) is -1.97. The topological polar surface area (TPSA) is 97.0 Å². The average molecular weight is 496 g/mol. The van der Waals surface area contributed by atoms with E-state index >= 15 is 0 Å². The number of nitrogens with one attached hydrogen (secondary N) is 1. The molecule has 1 aromatic rings. The SMILES string of the molecule is COCCNS(=O)(=O)c1ccc(CN=C(N)N2CCCC(C)C2)cc1.I. The zero-order valence-corrected chi connectivity index (χ0v) is 18.5. The van der Waals surface area contributed by atoms with Crippen LogP contribution in [0.2, 0.25) is 0 Å². The Balaban J connectivity index is 0.00000338. The van der Waals surface area contributed by atoms with E-state index in [2.05, 4.69) is 21.5 Å². The van der Waals surface area contributed by atoms with Gasteiger partial charge in [0, 0.05) is 26.7 Å². The van der Waals surface area contributed by atoms with Crippen molar-refractivity contribution in [2.24, 2.45) is 16.6 Å². The average Bonchev–Trinajstić information content (AvgIpc) is 2.60. The fourth-order valence-corrected chi connectivity index (χ4v) is 3.82. The summed E-state index contributed by atoms with van der Waals surface area (Å²) in [5.41, 5.74) is 7.00. The molecule has 7 nitrogen and oxygen atoms in total. The van der Waals surface area contributed by atoms with Crippen LogP contribution in [0, 0.1) is 5.92 Å². The molecule has 0 radical (unpaired) electrons. The van der Waals surface area contributed by atoms with E-state index in [9.17, 15) is 8.42 Å². The molecule has 0 aliphatic carbocycles. The van der Waals surface area contributed by atoms with Crippen molar-refractivity contribution in [1.82, 2.24) is 9.62 Å². The van der Waals surface area contributed by atoms with Crippen molar-refractivity contribution in [2.45, 2.75) is 31.2 Å². The second kappa shape index (κ2) is 11.1. The third-order valence-electron chi connectivity index (χ3n) is 4.24. The predicted molar refractivity (Wildman–Crippen MR) is 114 cm³/mol. The van der Waals surface area contributed by atoms with Crippen LogP contribution in [-0.2, 0) is 21.3 Å². The van der Waals surface area contributed by atoms with E-state index in [1.165, 1.54) is 13.5 Å². The molecule has 0 bridgehead atoms. The molecule has 0 aromatic heterocycles. The molecule has 26 heavy (non-hydrogen) atoms. The van der Waals surface area contributed by atoms with Crippen LogP contribution in [0.3, 0.4) is 0 Å². The van der Waals surface area contributed by atoms with Gasteiger partial charge < -0.3 is 15.4 Å². The summed E-state index contributed by atoms with van der Waals surface area (Å²) in [6.45, 7) is 5.13. The first kappa shape index (κ1) is 23.1. The number of nitrogens with zero attached hydrogens (tertiary/aromatic N) is 2. The molecule has 2 rings (SSSR count). The smallest absolute Gasteiger partial charge is 0.240 e. The standard InChI is InChI=1S/C17H28N4O3S.HI/c1-14-4-3-10-21(13-14)17(18)19-12-15-5-7-16(8-6-15)25(22,23)20-9-11-24-2;/h5-8,14,20H,3-4,9-13H2,1-2H3,(H2,18,19);1H. The Labute approximate surface area is 173 Å². The van der Waals surface area contributed by atoms with E-state index in [0.29, 0.717) is 25.0 Å². The summed E-state index contributed by atoms with van der Waals surface area (Å²) < 4.78 is 31.5. The van der Waals surface area contributed by atoms with Crippen LogP contribution < -0.4 is 10.5 Å². The zero-order chi connectivity index (χ0) is 18.3. The molecule has 1 aliphatic rings. The van der Waals surface area contributed by atoms with Crippen molar-refractivity contribution >= 4 is 40.0 Å². The van der Waals surface area contributed by atoms with E-state index < -0.39 is 10.0 Å². The Kier molecular flexibility index (Phi) is 9.83. The van der Waals surface area contributed by atoms with Gasteiger partial charge in [-0.3, -0.25) is 0 Å². The number of hydrogen-bond acceptors (Lipinski definition) is 4. The number of benzene rings is 1. The van der Waals surface area contributed by atoms with E-state index in [0.717, 1.165) is 25.1 Å². The zero-order valence-electron chi connectivity index (χ0n) is 15.3. The molecule has 1 aliphatic heterocycles. The number of ether oxygens (including phenoxy) is 1. The highest BCUT2D eigenvalue weighted by atomic mass is 127. The van der Waals surface area contributed by atoms with Crippen molar-refractivity contribution in [3.05, 3.63) is 29.8 Å². The predicted octanol–water partition coefficient (Wildman–Crippen LogP) is 1.78. The van der Waals surface area contributed by atoms with Gasteiger partial charge in [-0.2, -0.15) is 0 Å². The Morgan fingerprint density at radius 3 is 2.69 bits per heavy atom. The molecule has 1 saturated heterocycles. The Morgan fingerprint density at radius 2 is 2.08 bits per heavy atom. The van der Waals surface area contributed by atoms with Gasteiger partial charge in [0.1, 0.15) is 0 Å². The maximum absolute atomic E-state index is 12.1. The summed E-state index contributed by atoms with van der Waals surface area (Å²) in [6.07, 6.45) is 2.37. The van der Waals surface area contributed by atoms with Gasteiger partial charge in [0.05, 0.1) is 18.0 Å². The fourth-order valence-electron chi connectivity index (χ4n) is 2.81. The molecule has 1 atom stereocenters. The summed E-state index contributed by atoms with van der Waals surface area (Å²) in [5.74, 6) is 1.20. The van der Waals surface area contributed by atoms with Gasteiger partial charge >= 0.3 is 0 Å². The lowest BCUT2D eigenvalue weighted by molar-refractivity contribution is 0.204. The number of piperidine rings is 1. The molecule has 1 heterocycles. The molecule has 1 fully saturated rings. The molecule has 1 unspecified atom stereocenters. The quantitative estimate of drug-likeness (QED) is 0.260. The van der Waals surface area contributed by atoms with E-state index in [1.807, 2.05) is 0 Å². The van der Waals surface area contributed by atoms with Crippen molar-refractivity contribution < 1.29 is 13.2 Å². The third kappa shape index (κ3) is 7.01. The summed E-state index contributed by atoms with van der Waals surface area (Å²) in [5, 5.41) is 0. The molecule has 0 amide bonds. The van der Waals surface area contributed by atoms with Gasteiger partial charge in [0.2, 0.25) is 10.0 Å². The van der Waals surface area contributed by atoms with Crippen LogP contribution in [0.1, 0.15) is 25.3 Å². The minimum absolute atomic E-state index is 0. The molecule has 1 aromatic carbocycles. The van der Waals surface area contributed by atoms with Crippen molar-refractivity contribution in [3.8, 4) is 0 Å². The Hall–Kier alpha value is -0.910. The minimum Gasteiger partial charge on any atom is -0.383 e. The highest BCUT2D eigenvalue weighted by Gasteiger charge is 2.17. The summed E-state index contributed by atoms with van der Waals surface area (Å²) >= 11 is 0. The number of guanidine groups is 1. The fraction of sp³-hybridized carbons (Fsp3) is 0.588. The van der Waals surface area contributed by atoms with Crippen LogP contribution in [0.5, 0.6) is 0 Å². The van der Waals surface area contributed by atoms with Gasteiger partial charge in [-0.05, 0) is 36.5 Å². The Morgan fingerprint density at radius 1 is 1.38 bits per heavy atom. The lowest BCUT2D eigenvalue weighted by atomic mass is 10.0. The first-order valence-corrected chi connectivity index (χ1v) is 10.0. The van der Waals surface area contributed by atoms with Crippen molar-refractivity contribution in [2.75, 3.05) is 33.4 Å². The largest absolute Gasteiger partial charge is 0.383 e. The first-order valence-electron chi connectivity index (χ1n) is 8.55. The van der Waals surface area contributed by atoms with Gasteiger partial charge in [0.25, 0.3) is 0 Å². The highest BCUT2D eigenvalue weighted by Crippen LogP contribution is 2.15. The molecule has 3 N–H and O–H groups in total. The summed E-state index contributed by atoms with van der Waals surface area (Å²) in [6, 6.07) is 6.69. The van der Waals surface area contributed by atoms with Gasteiger partial charge in [0.15, 0.2) is 5.96 Å². The van der Waals surface area contributed by atoms with Crippen molar-refractivity contribution in [1.29, 1.82) is 0 Å². The number of nitrogens with two attached hydrogens (primary N) is 1. The number of rotatable bonds is 7. The van der Waals surface area contributed by atoms with Gasteiger partial charge in [-0.25, -0.2) is 18.1 Å². The van der Waals surface area contributed by atoms with Crippen LogP contribution >= 0.6 is 24.0 Å². The van der Waals surface area contributed by atoms with Gasteiger partial charge in [-0.15, -0.1) is 24.0 Å². The second-order valence-electron chi connectivity index (χ2n) is 6.40. The number of methoxy groups -OCH3 is 1. The van der Waals surface area contributed by atoms with Crippen LogP contribution in [-0.4, -0.2) is 52.6 Å². The molecular weight excluding hydrogens is 467 g/mol. The summed E-state index contributed by atoms with van der Waals surface area (Å²) in [4.78, 5) is 6.79. The number of likely N-dealkylation sites (tertiary alicyclic amines) is 1. The third-order valence-corrected chi connectivity index (χ3v) is 5.71. The molecule has 0 spiro atoms. The van der Waals surface area contributed by atoms with E-state index in [1.54, 1.807) is 24.3 Å².